The molecule has 0 amide bonds. The van der Waals surface area contributed by atoms with Crippen molar-refractivity contribution >= 4 is 11.6 Å². The van der Waals surface area contributed by atoms with Gasteiger partial charge in [-0.3, -0.25) is 9.59 Å². The number of Topliss-reactive ketones (excluding diaryl/α,β-unsaturated/α-hetero) is 2. The molecule has 0 spiro atoms. The molecule has 0 heterocycles. The third-order valence-electron chi connectivity index (χ3n) is 7.32. The highest BCUT2D eigenvalue weighted by molar-refractivity contribution is 5.88. The molecule has 4 rings (SSSR count). The molecule has 0 aromatic rings. The van der Waals surface area contributed by atoms with Crippen LogP contribution in [0.25, 0.3) is 0 Å². The van der Waals surface area contributed by atoms with Gasteiger partial charge in [-0.1, -0.05) is 13.0 Å². The first-order valence-electron chi connectivity index (χ1n) is 9.04. The standard InChI is InChI=1S/C20H26O3/c1-12(21)20(23)10-8-14-13(11-20)3-4-16-15(14)7-9-19(2)17(16)5-6-18(19)22/h8,11,15-17,23H,3-7,9-10H2,1-2H3/t15-,16-,17+,19+,20?/m1/s1. The fraction of sp³-hybridized carbons (Fsp3) is 0.700. The highest BCUT2D eigenvalue weighted by Gasteiger charge is 2.55. The molecule has 3 nitrogen and oxygen atoms in total. The molecule has 124 valence electrons. The van der Waals surface area contributed by atoms with Crippen LogP contribution in [0.15, 0.2) is 23.3 Å². The van der Waals surface area contributed by atoms with Gasteiger partial charge in [0.25, 0.3) is 0 Å². The molecule has 3 fully saturated rings. The highest BCUT2D eigenvalue weighted by Crippen LogP contribution is 2.60. The number of rotatable bonds is 1. The van der Waals surface area contributed by atoms with Gasteiger partial charge in [-0.15, -0.1) is 0 Å². The van der Waals surface area contributed by atoms with E-state index in [1.165, 1.54) is 18.1 Å². The Morgan fingerprint density at radius 1 is 1.26 bits per heavy atom. The topological polar surface area (TPSA) is 54.4 Å². The van der Waals surface area contributed by atoms with Gasteiger partial charge in [0.15, 0.2) is 5.78 Å². The molecule has 4 aliphatic rings. The molecule has 5 atom stereocenters. The van der Waals surface area contributed by atoms with E-state index in [1.807, 2.05) is 6.08 Å². The van der Waals surface area contributed by atoms with E-state index < -0.39 is 5.60 Å². The van der Waals surface area contributed by atoms with Crippen molar-refractivity contribution in [2.24, 2.45) is 23.2 Å². The third kappa shape index (κ3) is 2.05. The first-order chi connectivity index (χ1) is 10.8. The normalized spacial score (nSPS) is 45.5. The predicted octanol–water partition coefficient (Wildman–Crippen LogP) is 3.37. The number of ketones is 2. The van der Waals surface area contributed by atoms with Gasteiger partial charge >= 0.3 is 0 Å². The van der Waals surface area contributed by atoms with Crippen molar-refractivity contribution in [3.8, 4) is 0 Å². The van der Waals surface area contributed by atoms with Crippen LogP contribution in [-0.4, -0.2) is 22.3 Å². The van der Waals surface area contributed by atoms with E-state index in [0.717, 1.165) is 38.5 Å². The lowest BCUT2D eigenvalue weighted by molar-refractivity contribution is -0.131. The first kappa shape index (κ1) is 15.3. The van der Waals surface area contributed by atoms with Crippen molar-refractivity contribution < 1.29 is 14.7 Å². The number of hydrogen-bond acceptors (Lipinski definition) is 3. The van der Waals surface area contributed by atoms with Crippen molar-refractivity contribution in [3.05, 3.63) is 23.3 Å². The maximum absolute atomic E-state index is 12.4. The van der Waals surface area contributed by atoms with Gasteiger partial charge in [-0.25, -0.2) is 0 Å². The molecule has 1 unspecified atom stereocenters. The molecule has 3 heteroatoms. The van der Waals surface area contributed by atoms with Gasteiger partial charge in [0.1, 0.15) is 11.4 Å². The van der Waals surface area contributed by atoms with E-state index in [-0.39, 0.29) is 11.2 Å². The quantitative estimate of drug-likeness (QED) is 0.807. The average molecular weight is 314 g/mol. The predicted molar refractivity (Wildman–Crippen MR) is 87.7 cm³/mol. The largest absolute Gasteiger partial charge is 0.378 e. The second kappa shape index (κ2) is 4.89. The maximum Gasteiger partial charge on any atom is 0.165 e. The highest BCUT2D eigenvalue weighted by atomic mass is 16.3. The fourth-order valence-corrected chi connectivity index (χ4v) is 5.85. The molecule has 0 bridgehead atoms. The van der Waals surface area contributed by atoms with Crippen LogP contribution < -0.4 is 0 Å². The molecule has 0 aromatic heterocycles. The molecule has 0 aromatic carbocycles. The Morgan fingerprint density at radius 3 is 2.78 bits per heavy atom. The smallest absolute Gasteiger partial charge is 0.165 e. The number of carbonyl (C=O) groups is 2. The summed E-state index contributed by atoms with van der Waals surface area (Å²) in [6.45, 7) is 3.66. The van der Waals surface area contributed by atoms with Crippen molar-refractivity contribution in [1.82, 2.24) is 0 Å². The maximum atomic E-state index is 12.4. The molecular weight excluding hydrogens is 288 g/mol. The Balaban J connectivity index is 1.64. The van der Waals surface area contributed by atoms with Gasteiger partial charge in [-0.2, -0.15) is 0 Å². The summed E-state index contributed by atoms with van der Waals surface area (Å²) in [5, 5.41) is 10.5. The summed E-state index contributed by atoms with van der Waals surface area (Å²) in [6.07, 6.45) is 10.3. The molecule has 4 aliphatic carbocycles. The van der Waals surface area contributed by atoms with E-state index >= 15 is 0 Å². The molecular formula is C20H26O3. The van der Waals surface area contributed by atoms with Gasteiger partial charge in [0, 0.05) is 18.3 Å². The van der Waals surface area contributed by atoms with Crippen LogP contribution in [0.3, 0.4) is 0 Å². The van der Waals surface area contributed by atoms with Crippen molar-refractivity contribution in [2.75, 3.05) is 0 Å². The minimum Gasteiger partial charge on any atom is -0.378 e. The van der Waals surface area contributed by atoms with E-state index in [2.05, 4.69) is 13.0 Å². The van der Waals surface area contributed by atoms with Crippen molar-refractivity contribution in [1.29, 1.82) is 0 Å². The van der Waals surface area contributed by atoms with Crippen molar-refractivity contribution in [3.63, 3.8) is 0 Å². The number of hydrogen-bond donors (Lipinski definition) is 1. The zero-order valence-electron chi connectivity index (χ0n) is 14.1. The van der Waals surface area contributed by atoms with E-state index in [1.54, 1.807) is 0 Å². The Bertz CT molecular complexity index is 643. The minimum absolute atomic E-state index is 0.0856. The molecule has 0 saturated heterocycles. The monoisotopic (exact) mass is 314 g/mol. The van der Waals surface area contributed by atoms with Crippen LogP contribution in [0.5, 0.6) is 0 Å². The number of aliphatic hydroxyl groups is 1. The molecule has 23 heavy (non-hydrogen) atoms. The van der Waals surface area contributed by atoms with Crippen LogP contribution in [0, 0.1) is 23.2 Å². The van der Waals surface area contributed by atoms with Crippen molar-refractivity contribution in [2.45, 2.75) is 64.4 Å². The van der Waals surface area contributed by atoms with E-state index in [4.69, 9.17) is 0 Å². The van der Waals surface area contributed by atoms with Crippen LogP contribution in [0.4, 0.5) is 0 Å². The third-order valence-corrected chi connectivity index (χ3v) is 7.32. The minimum atomic E-state index is -1.29. The summed E-state index contributed by atoms with van der Waals surface area (Å²) >= 11 is 0. The first-order valence-corrected chi connectivity index (χ1v) is 9.04. The molecule has 1 N–H and O–H groups in total. The zero-order chi connectivity index (χ0) is 16.4. The second-order valence-corrected chi connectivity index (χ2v) is 8.35. The molecule has 0 aliphatic heterocycles. The summed E-state index contributed by atoms with van der Waals surface area (Å²) in [5.41, 5.74) is 1.17. The summed E-state index contributed by atoms with van der Waals surface area (Å²) in [6, 6.07) is 0. The zero-order valence-corrected chi connectivity index (χ0v) is 14.1. The summed E-state index contributed by atoms with van der Waals surface area (Å²) in [5.74, 6) is 1.97. The van der Waals surface area contributed by atoms with Gasteiger partial charge in [0.05, 0.1) is 0 Å². The molecule has 3 saturated carbocycles. The number of fused-ring (bicyclic) bond motifs is 5. The van der Waals surface area contributed by atoms with Gasteiger partial charge < -0.3 is 5.11 Å². The second-order valence-electron chi connectivity index (χ2n) is 8.35. The van der Waals surface area contributed by atoms with E-state index in [9.17, 15) is 14.7 Å². The summed E-state index contributed by atoms with van der Waals surface area (Å²) in [7, 11) is 0. The lowest BCUT2D eigenvalue weighted by Gasteiger charge is -2.50. The van der Waals surface area contributed by atoms with Crippen LogP contribution in [-0.2, 0) is 9.59 Å². The summed E-state index contributed by atoms with van der Waals surface area (Å²) in [4.78, 5) is 24.1. The average Bonchev–Trinajstić information content (AvgIpc) is 2.82. The Hall–Kier alpha value is -1.22. The SMILES string of the molecule is CC(=O)C1(O)C=C2CC[C@@H]3[C@H](CC[C@]4(C)C(=O)CC[C@@H]34)C2=CC1. The Morgan fingerprint density at radius 2 is 2.04 bits per heavy atom. The fourth-order valence-electron chi connectivity index (χ4n) is 5.85. The molecule has 0 radical (unpaired) electrons. The lowest BCUT2D eigenvalue weighted by Crippen LogP contribution is -2.45. The van der Waals surface area contributed by atoms with E-state index in [0.29, 0.717) is 30.0 Å². The lowest BCUT2D eigenvalue weighted by atomic mass is 9.54. The number of allylic oxidation sites excluding steroid dienone is 2. The van der Waals surface area contributed by atoms with Gasteiger partial charge in [0.2, 0.25) is 0 Å². The summed E-state index contributed by atoms with van der Waals surface area (Å²) < 4.78 is 0. The van der Waals surface area contributed by atoms with Crippen LogP contribution in [0.1, 0.15) is 58.8 Å². The van der Waals surface area contributed by atoms with Crippen LogP contribution in [0.2, 0.25) is 0 Å². The van der Waals surface area contributed by atoms with Crippen LogP contribution >= 0.6 is 0 Å². The number of carbonyl (C=O) groups excluding carboxylic acids is 2. The Kier molecular flexibility index (Phi) is 3.26. The Labute approximate surface area is 137 Å². The van der Waals surface area contributed by atoms with Gasteiger partial charge in [-0.05, 0) is 74.0 Å².